The molecule has 0 aliphatic carbocycles. The topological polar surface area (TPSA) is 93.0 Å². The molecule has 2 atom stereocenters. The third kappa shape index (κ3) is 3.36. The van der Waals surface area contributed by atoms with Gasteiger partial charge in [0.2, 0.25) is 0 Å². The Morgan fingerprint density at radius 1 is 1.16 bits per heavy atom. The fourth-order valence-electron chi connectivity index (χ4n) is 4.18. The molecular weight excluding hydrogens is 407 g/mol. The van der Waals surface area contributed by atoms with E-state index in [9.17, 15) is 4.39 Å². The zero-order valence-electron chi connectivity index (χ0n) is 18.3. The van der Waals surface area contributed by atoms with E-state index in [-0.39, 0.29) is 6.54 Å². The molecule has 3 aromatic heterocycles. The Bertz CT molecular complexity index is 1280. The summed E-state index contributed by atoms with van der Waals surface area (Å²) in [7, 11) is 1.64. The molecule has 1 saturated heterocycles. The number of H-pyrrole nitrogens is 1. The number of anilines is 1. The Labute approximate surface area is 185 Å². The number of nitrogens with two attached hydrogens (primary N) is 1. The SMILES string of the molecule is COc1cc2[nH]nc(-c3ccc(N4CC(N)C(F)C4)nc3)c2nc1-c1cccc(C)c1C. The lowest BCUT2D eigenvalue weighted by atomic mass is 9.99. The molecule has 1 aliphatic heterocycles. The van der Waals surface area contributed by atoms with Crippen LogP contribution in [0.15, 0.2) is 42.6 Å². The van der Waals surface area contributed by atoms with E-state index in [2.05, 4.69) is 35.1 Å². The van der Waals surface area contributed by atoms with Gasteiger partial charge in [0.05, 0.1) is 25.2 Å². The number of halogens is 1. The van der Waals surface area contributed by atoms with Crippen molar-refractivity contribution in [3.05, 3.63) is 53.7 Å². The molecule has 32 heavy (non-hydrogen) atoms. The quantitative estimate of drug-likeness (QED) is 0.510. The number of nitrogens with zero attached hydrogens (tertiary/aromatic N) is 4. The summed E-state index contributed by atoms with van der Waals surface area (Å²) >= 11 is 0. The summed E-state index contributed by atoms with van der Waals surface area (Å²) in [5.74, 6) is 1.39. The van der Waals surface area contributed by atoms with Gasteiger partial charge in [0, 0.05) is 29.9 Å². The van der Waals surface area contributed by atoms with E-state index in [1.165, 1.54) is 5.56 Å². The van der Waals surface area contributed by atoms with Crippen LogP contribution in [0, 0.1) is 13.8 Å². The van der Waals surface area contributed by atoms with E-state index in [0.717, 1.165) is 33.4 Å². The van der Waals surface area contributed by atoms with E-state index < -0.39 is 12.2 Å². The summed E-state index contributed by atoms with van der Waals surface area (Å²) in [6.07, 6.45) is 0.709. The number of ether oxygens (including phenoxy) is 1. The average molecular weight is 433 g/mol. The summed E-state index contributed by atoms with van der Waals surface area (Å²) in [6, 6.07) is 11.4. The molecule has 164 valence electrons. The maximum Gasteiger partial charge on any atom is 0.147 e. The largest absolute Gasteiger partial charge is 0.494 e. The Hall–Kier alpha value is -3.52. The lowest BCUT2D eigenvalue weighted by Gasteiger charge is -2.16. The number of aromatic nitrogens is 4. The molecule has 0 radical (unpaired) electrons. The van der Waals surface area contributed by atoms with Crippen molar-refractivity contribution in [2.75, 3.05) is 25.1 Å². The number of aromatic amines is 1. The Kier molecular flexibility index (Phi) is 5.01. The van der Waals surface area contributed by atoms with Crippen LogP contribution in [0.1, 0.15) is 11.1 Å². The predicted octanol–water partition coefficient (Wildman–Crippen LogP) is 3.80. The van der Waals surface area contributed by atoms with Crippen molar-refractivity contribution < 1.29 is 9.13 Å². The number of rotatable bonds is 4. The fourth-order valence-corrected chi connectivity index (χ4v) is 4.18. The Balaban J connectivity index is 1.56. The van der Waals surface area contributed by atoms with Gasteiger partial charge in [-0.25, -0.2) is 14.4 Å². The van der Waals surface area contributed by atoms with Crippen LogP contribution in [0.3, 0.4) is 0 Å². The van der Waals surface area contributed by atoms with Gasteiger partial charge in [0.25, 0.3) is 0 Å². The first-order valence-corrected chi connectivity index (χ1v) is 10.6. The number of methoxy groups -OCH3 is 1. The Morgan fingerprint density at radius 2 is 2.00 bits per heavy atom. The highest BCUT2D eigenvalue weighted by Crippen LogP contribution is 2.36. The van der Waals surface area contributed by atoms with E-state index >= 15 is 0 Å². The van der Waals surface area contributed by atoms with Crippen molar-refractivity contribution in [1.82, 2.24) is 20.2 Å². The maximum absolute atomic E-state index is 13.8. The molecule has 5 rings (SSSR count). The molecular formula is C24H25FN6O. The first kappa shape index (κ1) is 20.4. The second kappa shape index (κ2) is 7.87. The number of alkyl halides is 1. The second-order valence-corrected chi connectivity index (χ2v) is 8.24. The minimum atomic E-state index is -1.03. The number of benzene rings is 1. The highest BCUT2D eigenvalue weighted by atomic mass is 19.1. The van der Waals surface area contributed by atoms with Crippen molar-refractivity contribution in [3.63, 3.8) is 0 Å². The fraction of sp³-hybridized carbons (Fsp3) is 0.292. The molecule has 0 amide bonds. The summed E-state index contributed by atoms with van der Waals surface area (Å²) in [4.78, 5) is 11.3. The maximum atomic E-state index is 13.8. The van der Waals surface area contributed by atoms with Crippen LogP contribution in [-0.4, -0.2) is 52.6 Å². The molecule has 4 heterocycles. The first-order chi connectivity index (χ1) is 15.5. The van der Waals surface area contributed by atoms with Crippen molar-refractivity contribution in [2.24, 2.45) is 5.73 Å². The van der Waals surface area contributed by atoms with E-state index in [1.54, 1.807) is 13.3 Å². The van der Waals surface area contributed by atoms with Gasteiger partial charge in [0.1, 0.15) is 34.6 Å². The van der Waals surface area contributed by atoms with Crippen LogP contribution in [0.4, 0.5) is 10.2 Å². The molecule has 3 N–H and O–H groups in total. The summed E-state index contributed by atoms with van der Waals surface area (Å²) in [6.45, 7) is 4.89. The zero-order chi connectivity index (χ0) is 22.4. The number of fused-ring (bicyclic) bond motifs is 1. The predicted molar refractivity (Wildman–Crippen MR) is 124 cm³/mol. The average Bonchev–Trinajstić information content (AvgIpc) is 3.37. The summed E-state index contributed by atoms with van der Waals surface area (Å²) < 4.78 is 19.4. The van der Waals surface area contributed by atoms with Gasteiger partial charge >= 0.3 is 0 Å². The molecule has 4 aromatic rings. The molecule has 1 aromatic carbocycles. The number of hydrogen-bond donors (Lipinski definition) is 2. The standard InChI is InChI=1S/C24H25FN6O/c1-13-5-4-6-16(14(13)2)23-20(32-3)9-19-24(28-23)22(30-29-19)15-7-8-21(27-10-15)31-11-17(25)18(26)12-31/h4-10,17-18H,11-12,26H2,1-3H3,(H,29,30). The van der Waals surface area contributed by atoms with Crippen LogP contribution in [0.25, 0.3) is 33.5 Å². The van der Waals surface area contributed by atoms with Crippen LogP contribution < -0.4 is 15.4 Å². The van der Waals surface area contributed by atoms with Gasteiger partial charge in [-0.05, 0) is 37.1 Å². The molecule has 1 fully saturated rings. The number of pyridine rings is 2. The molecule has 7 nitrogen and oxygen atoms in total. The van der Waals surface area contributed by atoms with Crippen LogP contribution in [0.2, 0.25) is 0 Å². The second-order valence-electron chi connectivity index (χ2n) is 8.24. The van der Waals surface area contributed by atoms with Crippen LogP contribution in [-0.2, 0) is 0 Å². The van der Waals surface area contributed by atoms with Crippen LogP contribution in [0.5, 0.6) is 5.75 Å². The zero-order valence-corrected chi connectivity index (χ0v) is 18.3. The highest BCUT2D eigenvalue weighted by molar-refractivity contribution is 5.93. The van der Waals surface area contributed by atoms with Gasteiger partial charge in [0.15, 0.2) is 0 Å². The smallest absolute Gasteiger partial charge is 0.147 e. The van der Waals surface area contributed by atoms with Crippen molar-refractivity contribution in [2.45, 2.75) is 26.1 Å². The van der Waals surface area contributed by atoms with Gasteiger partial charge < -0.3 is 15.4 Å². The molecule has 8 heteroatoms. The molecule has 1 aliphatic rings. The summed E-state index contributed by atoms with van der Waals surface area (Å²) in [5.41, 5.74) is 13.0. The van der Waals surface area contributed by atoms with Gasteiger partial charge in [-0.1, -0.05) is 18.2 Å². The summed E-state index contributed by atoms with van der Waals surface area (Å²) in [5, 5.41) is 7.54. The minimum Gasteiger partial charge on any atom is -0.494 e. The van der Waals surface area contributed by atoms with Crippen LogP contribution >= 0.6 is 0 Å². The third-order valence-corrected chi connectivity index (χ3v) is 6.22. The molecule has 0 spiro atoms. The minimum absolute atomic E-state index is 0.263. The van der Waals surface area contributed by atoms with E-state index in [4.69, 9.17) is 15.5 Å². The normalized spacial score (nSPS) is 18.5. The number of nitrogens with one attached hydrogen (secondary N) is 1. The molecule has 0 bridgehead atoms. The van der Waals surface area contributed by atoms with Crippen molar-refractivity contribution in [1.29, 1.82) is 0 Å². The first-order valence-electron chi connectivity index (χ1n) is 10.6. The lowest BCUT2D eigenvalue weighted by Crippen LogP contribution is -2.30. The number of aryl methyl sites for hydroxylation is 1. The van der Waals surface area contributed by atoms with Crippen molar-refractivity contribution in [3.8, 4) is 28.3 Å². The highest BCUT2D eigenvalue weighted by Gasteiger charge is 2.30. The monoisotopic (exact) mass is 432 g/mol. The van der Waals surface area contributed by atoms with Crippen molar-refractivity contribution >= 4 is 16.9 Å². The van der Waals surface area contributed by atoms with Gasteiger partial charge in [-0.3, -0.25) is 5.10 Å². The Morgan fingerprint density at radius 3 is 2.69 bits per heavy atom. The lowest BCUT2D eigenvalue weighted by molar-refractivity contribution is 0.333. The van der Waals surface area contributed by atoms with E-state index in [0.29, 0.717) is 23.8 Å². The molecule has 0 saturated carbocycles. The third-order valence-electron chi connectivity index (χ3n) is 6.22. The van der Waals surface area contributed by atoms with Gasteiger partial charge in [-0.2, -0.15) is 5.10 Å². The van der Waals surface area contributed by atoms with E-state index in [1.807, 2.05) is 35.2 Å². The number of hydrogen-bond acceptors (Lipinski definition) is 6. The van der Waals surface area contributed by atoms with Gasteiger partial charge in [-0.15, -0.1) is 0 Å². The molecule has 2 unspecified atom stereocenters.